The summed E-state index contributed by atoms with van der Waals surface area (Å²) >= 11 is 3.41. The Kier molecular flexibility index (Phi) is 12.8. The molecule has 0 spiro atoms. The lowest BCUT2D eigenvalue weighted by Gasteiger charge is -2.32. The third-order valence-corrected chi connectivity index (χ3v) is 6.48. The number of thiazole rings is 1. The molecule has 2 N–H and O–H groups in total. The van der Waals surface area contributed by atoms with Gasteiger partial charge in [-0.1, -0.05) is 11.8 Å². The first-order chi connectivity index (χ1) is 13.0. The summed E-state index contributed by atoms with van der Waals surface area (Å²) in [5.41, 5.74) is 0. The van der Waals surface area contributed by atoms with Crippen LogP contribution in [0.25, 0.3) is 0 Å². The van der Waals surface area contributed by atoms with Gasteiger partial charge in [0.2, 0.25) is 0 Å². The van der Waals surface area contributed by atoms with Crippen LogP contribution >= 0.6 is 47.1 Å². The maximum absolute atomic E-state index is 12.4. The van der Waals surface area contributed by atoms with Crippen molar-refractivity contribution in [3.05, 3.63) is 11.6 Å². The summed E-state index contributed by atoms with van der Waals surface area (Å²) in [5, 5.41) is 8.57. The lowest BCUT2D eigenvalue weighted by Crippen LogP contribution is -2.41. The molecular weight excluding hydrogens is 522 g/mol. The highest BCUT2D eigenvalue weighted by molar-refractivity contribution is 14.0. The smallest absolute Gasteiger partial charge is 0.356 e. The lowest BCUT2D eigenvalue weighted by molar-refractivity contribution is -0.148. The molecule has 0 saturated carbocycles. The molecule has 1 aliphatic heterocycles. The molecule has 1 fully saturated rings. The first-order valence-electron chi connectivity index (χ1n) is 9.22. The second-order valence-corrected chi connectivity index (χ2v) is 8.79. The fraction of sp³-hybridized carbons (Fsp3) is 0.765. The molecule has 0 radical (unpaired) electrons. The zero-order valence-electron chi connectivity index (χ0n) is 16.0. The number of hydrogen-bond acceptors (Lipinski definition) is 5. The van der Waals surface area contributed by atoms with Crippen LogP contribution < -0.4 is 10.6 Å². The van der Waals surface area contributed by atoms with Crippen molar-refractivity contribution >= 4 is 53.0 Å². The van der Waals surface area contributed by atoms with E-state index >= 15 is 0 Å². The maximum Gasteiger partial charge on any atom is 0.401 e. The van der Waals surface area contributed by atoms with Crippen molar-refractivity contribution in [2.24, 2.45) is 10.9 Å². The molecule has 0 bridgehead atoms. The van der Waals surface area contributed by atoms with Crippen molar-refractivity contribution < 1.29 is 13.2 Å². The van der Waals surface area contributed by atoms with Gasteiger partial charge in [-0.05, 0) is 44.7 Å². The number of nitrogens with one attached hydrogen (secondary N) is 2. The Bertz CT molecular complexity index is 549. The van der Waals surface area contributed by atoms with E-state index in [0.717, 1.165) is 54.8 Å². The van der Waals surface area contributed by atoms with Gasteiger partial charge in [-0.2, -0.15) is 13.2 Å². The molecule has 28 heavy (non-hydrogen) atoms. The predicted molar refractivity (Wildman–Crippen MR) is 122 cm³/mol. The van der Waals surface area contributed by atoms with Crippen LogP contribution in [-0.4, -0.2) is 67.5 Å². The van der Waals surface area contributed by atoms with Gasteiger partial charge in [0.1, 0.15) is 4.34 Å². The van der Waals surface area contributed by atoms with Crippen LogP contribution in [0.5, 0.6) is 0 Å². The zero-order valence-corrected chi connectivity index (χ0v) is 20.0. The van der Waals surface area contributed by atoms with Crippen LogP contribution in [0.4, 0.5) is 13.2 Å². The number of piperidine rings is 1. The minimum absolute atomic E-state index is 0. The summed E-state index contributed by atoms with van der Waals surface area (Å²) < 4.78 is 38.3. The van der Waals surface area contributed by atoms with Crippen LogP contribution in [-0.2, 0) is 0 Å². The monoisotopic (exact) mass is 551 g/mol. The highest BCUT2D eigenvalue weighted by Gasteiger charge is 2.32. The average molecular weight is 551 g/mol. The van der Waals surface area contributed by atoms with E-state index in [9.17, 15) is 13.2 Å². The second-order valence-electron chi connectivity index (χ2n) is 6.55. The SMILES string of the molecule is CN=C(NCCCSc1nccs1)NCCC1CCN(CC(F)(F)F)CC1.I. The number of rotatable bonds is 9. The van der Waals surface area contributed by atoms with Gasteiger partial charge in [-0.3, -0.25) is 9.89 Å². The van der Waals surface area contributed by atoms with E-state index in [1.807, 2.05) is 11.6 Å². The third-order valence-electron chi connectivity index (χ3n) is 4.43. The maximum atomic E-state index is 12.4. The van der Waals surface area contributed by atoms with Gasteiger partial charge in [-0.15, -0.1) is 35.3 Å². The summed E-state index contributed by atoms with van der Waals surface area (Å²) in [6.07, 6.45) is 1.36. The van der Waals surface area contributed by atoms with Crippen molar-refractivity contribution in [1.82, 2.24) is 20.5 Å². The Morgan fingerprint density at radius 3 is 2.64 bits per heavy atom. The molecule has 1 aliphatic rings. The van der Waals surface area contributed by atoms with E-state index in [2.05, 4.69) is 20.6 Å². The Labute approximate surface area is 190 Å². The van der Waals surface area contributed by atoms with Gasteiger partial charge in [0, 0.05) is 37.5 Å². The van der Waals surface area contributed by atoms with Crippen LogP contribution in [0.3, 0.4) is 0 Å². The summed E-state index contributed by atoms with van der Waals surface area (Å²) in [6, 6.07) is 0. The molecule has 1 saturated heterocycles. The molecule has 0 amide bonds. The first kappa shape index (κ1) is 25.8. The van der Waals surface area contributed by atoms with Gasteiger partial charge in [0.25, 0.3) is 0 Å². The quantitative estimate of drug-likeness (QED) is 0.159. The molecule has 162 valence electrons. The number of aliphatic imine (C=N–C) groups is 1. The zero-order chi connectivity index (χ0) is 19.5. The van der Waals surface area contributed by atoms with Crippen LogP contribution in [0.1, 0.15) is 25.7 Å². The molecule has 11 heteroatoms. The van der Waals surface area contributed by atoms with Crippen molar-refractivity contribution in [3.63, 3.8) is 0 Å². The Balaban J connectivity index is 0.00000392. The highest BCUT2D eigenvalue weighted by Crippen LogP contribution is 2.24. The van der Waals surface area contributed by atoms with Crippen LogP contribution in [0, 0.1) is 5.92 Å². The lowest BCUT2D eigenvalue weighted by atomic mass is 9.93. The van der Waals surface area contributed by atoms with E-state index in [-0.39, 0.29) is 24.0 Å². The average Bonchev–Trinajstić information content (AvgIpc) is 3.13. The van der Waals surface area contributed by atoms with Crippen molar-refractivity contribution in [1.29, 1.82) is 0 Å². The molecule has 0 aliphatic carbocycles. The van der Waals surface area contributed by atoms with E-state index < -0.39 is 12.7 Å². The molecule has 0 atom stereocenters. The second kappa shape index (κ2) is 13.9. The molecule has 5 nitrogen and oxygen atoms in total. The van der Waals surface area contributed by atoms with Gasteiger partial charge in [0.15, 0.2) is 5.96 Å². The Morgan fingerprint density at radius 1 is 1.32 bits per heavy atom. The summed E-state index contributed by atoms with van der Waals surface area (Å²) in [7, 11) is 1.75. The van der Waals surface area contributed by atoms with Gasteiger partial charge < -0.3 is 10.6 Å². The van der Waals surface area contributed by atoms with Gasteiger partial charge in [0.05, 0.1) is 6.54 Å². The van der Waals surface area contributed by atoms with Crippen LogP contribution in [0.2, 0.25) is 0 Å². The van der Waals surface area contributed by atoms with Gasteiger partial charge in [-0.25, -0.2) is 4.98 Å². The Hall–Kier alpha value is -0.270. The predicted octanol–water partition coefficient (Wildman–Crippen LogP) is 4.07. The van der Waals surface area contributed by atoms with E-state index in [1.165, 1.54) is 4.90 Å². The topological polar surface area (TPSA) is 52.6 Å². The number of likely N-dealkylation sites (tertiary alicyclic amines) is 1. The largest absolute Gasteiger partial charge is 0.401 e. The number of aromatic nitrogens is 1. The Morgan fingerprint density at radius 2 is 2.04 bits per heavy atom. The summed E-state index contributed by atoms with van der Waals surface area (Å²) in [5.74, 6) is 2.27. The molecular formula is C17H29F3IN5S2. The van der Waals surface area contributed by atoms with E-state index in [4.69, 9.17) is 0 Å². The number of guanidine groups is 1. The summed E-state index contributed by atoms with van der Waals surface area (Å²) in [6.45, 7) is 1.92. The van der Waals surface area contributed by atoms with E-state index in [1.54, 1.807) is 30.1 Å². The third kappa shape index (κ3) is 11.1. The minimum atomic E-state index is -4.09. The first-order valence-corrected chi connectivity index (χ1v) is 11.1. The fourth-order valence-corrected chi connectivity index (χ4v) is 4.67. The van der Waals surface area contributed by atoms with Crippen molar-refractivity contribution in [3.8, 4) is 0 Å². The molecule has 1 aromatic heterocycles. The number of thioether (sulfide) groups is 1. The van der Waals surface area contributed by atoms with Crippen molar-refractivity contribution in [2.45, 2.75) is 36.2 Å². The van der Waals surface area contributed by atoms with Crippen molar-refractivity contribution in [2.75, 3.05) is 45.5 Å². The molecule has 0 aromatic carbocycles. The van der Waals surface area contributed by atoms with Gasteiger partial charge >= 0.3 is 6.18 Å². The minimum Gasteiger partial charge on any atom is -0.356 e. The number of halogens is 4. The summed E-state index contributed by atoms with van der Waals surface area (Å²) in [4.78, 5) is 9.96. The van der Waals surface area contributed by atoms with Crippen LogP contribution in [0.15, 0.2) is 20.9 Å². The standard InChI is InChI=1S/C17H28F3N5S2.HI/c1-21-15(22-6-2-11-26-16-24-8-12-27-16)23-7-3-14-4-9-25(10-5-14)13-17(18,19)20;/h8,12,14H,2-7,9-11,13H2,1H3,(H2,21,22,23);1H. The number of hydrogen-bond donors (Lipinski definition) is 2. The van der Waals surface area contributed by atoms with E-state index in [0.29, 0.717) is 19.0 Å². The molecule has 0 unspecified atom stereocenters. The molecule has 2 heterocycles. The molecule has 2 rings (SSSR count). The fourth-order valence-electron chi connectivity index (χ4n) is 3.02. The number of alkyl halides is 3. The normalized spacial score (nSPS) is 16.6. The molecule has 1 aromatic rings. The highest BCUT2D eigenvalue weighted by atomic mass is 127. The number of nitrogens with zero attached hydrogens (tertiary/aromatic N) is 3.